The van der Waals surface area contributed by atoms with E-state index in [1.165, 1.54) is 11.1 Å². The van der Waals surface area contributed by atoms with Crippen molar-refractivity contribution in [2.24, 2.45) is 0 Å². The first kappa shape index (κ1) is 12.7. The van der Waals surface area contributed by atoms with Gasteiger partial charge in [0.25, 0.3) is 0 Å². The molecule has 0 radical (unpaired) electrons. The lowest BCUT2D eigenvalue weighted by Crippen LogP contribution is -2.06. The number of aryl methyl sites for hydroxylation is 2. The summed E-state index contributed by atoms with van der Waals surface area (Å²) in [5, 5.41) is 4.06. The van der Waals surface area contributed by atoms with Crippen LogP contribution in [0.25, 0.3) is 11.1 Å². The Hall–Kier alpha value is -2.36. The molecular formula is C16H17N3O. The van der Waals surface area contributed by atoms with Crippen LogP contribution in [-0.2, 0) is 0 Å². The van der Waals surface area contributed by atoms with Crippen molar-refractivity contribution in [3.05, 3.63) is 60.0 Å². The highest BCUT2D eigenvalue weighted by Gasteiger charge is 2.18. The van der Waals surface area contributed by atoms with Crippen LogP contribution in [0.4, 0.5) is 0 Å². The minimum absolute atomic E-state index is 0.211. The molecule has 1 aromatic carbocycles. The summed E-state index contributed by atoms with van der Waals surface area (Å²) in [7, 11) is 0. The van der Waals surface area contributed by atoms with Crippen molar-refractivity contribution < 1.29 is 4.52 Å². The van der Waals surface area contributed by atoms with Crippen LogP contribution in [0, 0.1) is 13.8 Å². The predicted octanol–water partition coefficient (Wildman–Crippen LogP) is 3.76. The number of hydrogen-bond donors (Lipinski definition) is 0. The van der Waals surface area contributed by atoms with Crippen molar-refractivity contribution in [1.82, 2.24) is 14.7 Å². The molecule has 0 saturated carbocycles. The van der Waals surface area contributed by atoms with E-state index < -0.39 is 0 Å². The van der Waals surface area contributed by atoms with Crippen molar-refractivity contribution in [2.75, 3.05) is 0 Å². The molecule has 0 saturated heterocycles. The maximum absolute atomic E-state index is 5.31. The number of benzene rings is 1. The fourth-order valence-electron chi connectivity index (χ4n) is 2.62. The van der Waals surface area contributed by atoms with Gasteiger partial charge in [0, 0.05) is 18.0 Å². The molecule has 2 heterocycles. The monoisotopic (exact) mass is 267 g/mol. The van der Waals surface area contributed by atoms with E-state index in [9.17, 15) is 0 Å². The Morgan fingerprint density at radius 2 is 2.00 bits per heavy atom. The van der Waals surface area contributed by atoms with E-state index in [4.69, 9.17) is 4.52 Å². The average molecular weight is 267 g/mol. The van der Waals surface area contributed by atoms with Gasteiger partial charge in [-0.2, -0.15) is 0 Å². The molecule has 0 bridgehead atoms. The third-order valence-electron chi connectivity index (χ3n) is 3.69. The molecular weight excluding hydrogens is 250 g/mol. The van der Waals surface area contributed by atoms with Gasteiger partial charge in [0.05, 0.1) is 18.1 Å². The normalized spacial score (nSPS) is 12.6. The molecule has 3 rings (SSSR count). The van der Waals surface area contributed by atoms with Gasteiger partial charge in [-0.25, -0.2) is 4.98 Å². The van der Waals surface area contributed by atoms with Gasteiger partial charge in [0.2, 0.25) is 0 Å². The van der Waals surface area contributed by atoms with E-state index in [0.29, 0.717) is 0 Å². The Morgan fingerprint density at radius 1 is 1.20 bits per heavy atom. The Bertz CT molecular complexity index is 694. The standard InChI is InChI=1S/C16H17N3O/c1-11-16(13(3)20-18-11)15-7-5-4-6-14(15)12(2)19-9-8-17-10-19/h4-10,12H,1-3H3. The molecule has 0 spiro atoms. The summed E-state index contributed by atoms with van der Waals surface area (Å²) in [6.45, 7) is 6.09. The molecule has 0 N–H and O–H groups in total. The first-order valence-corrected chi connectivity index (χ1v) is 6.68. The molecule has 0 aliphatic rings. The van der Waals surface area contributed by atoms with Gasteiger partial charge >= 0.3 is 0 Å². The van der Waals surface area contributed by atoms with Crippen LogP contribution in [0.15, 0.2) is 47.5 Å². The van der Waals surface area contributed by atoms with Gasteiger partial charge in [-0.15, -0.1) is 0 Å². The highest BCUT2D eigenvalue weighted by molar-refractivity contribution is 5.71. The van der Waals surface area contributed by atoms with Crippen LogP contribution in [-0.4, -0.2) is 14.7 Å². The van der Waals surface area contributed by atoms with Gasteiger partial charge in [-0.1, -0.05) is 29.4 Å². The largest absolute Gasteiger partial charge is 0.361 e. The van der Waals surface area contributed by atoms with Crippen molar-refractivity contribution >= 4 is 0 Å². The third-order valence-corrected chi connectivity index (χ3v) is 3.69. The maximum Gasteiger partial charge on any atom is 0.141 e. The lowest BCUT2D eigenvalue weighted by atomic mass is 9.94. The SMILES string of the molecule is Cc1noc(C)c1-c1ccccc1C(C)n1ccnc1. The van der Waals surface area contributed by atoms with Crippen LogP contribution >= 0.6 is 0 Å². The van der Waals surface area contributed by atoms with Crippen molar-refractivity contribution in [3.8, 4) is 11.1 Å². The van der Waals surface area contributed by atoms with Crippen molar-refractivity contribution in [3.63, 3.8) is 0 Å². The zero-order valence-electron chi connectivity index (χ0n) is 11.9. The topological polar surface area (TPSA) is 43.9 Å². The second kappa shape index (κ2) is 4.96. The smallest absolute Gasteiger partial charge is 0.141 e. The second-order valence-corrected chi connectivity index (χ2v) is 4.97. The summed E-state index contributed by atoms with van der Waals surface area (Å²) >= 11 is 0. The first-order chi connectivity index (χ1) is 9.68. The number of nitrogens with zero attached hydrogens (tertiary/aromatic N) is 3. The van der Waals surface area contributed by atoms with Crippen LogP contribution in [0.3, 0.4) is 0 Å². The van der Waals surface area contributed by atoms with Gasteiger partial charge < -0.3 is 9.09 Å². The quantitative estimate of drug-likeness (QED) is 0.725. The molecule has 102 valence electrons. The lowest BCUT2D eigenvalue weighted by Gasteiger charge is -2.17. The molecule has 1 unspecified atom stereocenters. The molecule has 0 amide bonds. The predicted molar refractivity (Wildman–Crippen MR) is 77.5 cm³/mol. The fourth-order valence-corrected chi connectivity index (χ4v) is 2.62. The van der Waals surface area contributed by atoms with E-state index in [2.05, 4.69) is 39.8 Å². The molecule has 0 aliphatic carbocycles. The van der Waals surface area contributed by atoms with Crippen LogP contribution in [0.5, 0.6) is 0 Å². The highest BCUT2D eigenvalue weighted by Crippen LogP contribution is 2.33. The molecule has 20 heavy (non-hydrogen) atoms. The molecule has 0 fully saturated rings. The zero-order chi connectivity index (χ0) is 14.1. The summed E-state index contributed by atoms with van der Waals surface area (Å²) in [6, 6.07) is 8.58. The Balaban J connectivity index is 2.14. The maximum atomic E-state index is 5.31. The van der Waals surface area contributed by atoms with Gasteiger partial charge in [0.15, 0.2) is 0 Å². The number of rotatable bonds is 3. The summed E-state index contributed by atoms with van der Waals surface area (Å²) in [6.07, 6.45) is 5.62. The fraction of sp³-hybridized carbons (Fsp3) is 0.250. The minimum atomic E-state index is 0.211. The second-order valence-electron chi connectivity index (χ2n) is 4.97. The Kier molecular flexibility index (Phi) is 3.14. The molecule has 0 aliphatic heterocycles. The average Bonchev–Trinajstić information content (AvgIpc) is 3.09. The lowest BCUT2D eigenvalue weighted by molar-refractivity contribution is 0.393. The summed E-state index contributed by atoms with van der Waals surface area (Å²) in [5.41, 5.74) is 4.42. The summed E-state index contributed by atoms with van der Waals surface area (Å²) < 4.78 is 7.40. The molecule has 4 heteroatoms. The molecule has 3 aromatic rings. The highest BCUT2D eigenvalue weighted by atomic mass is 16.5. The summed E-state index contributed by atoms with van der Waals surface area (Å²) in [4.78, 5) is 4.13. The number of aromatic nitrogens is 3. The van der Waals surface area contributed by atoms with Gasteiger partial charge in [0.1, 0.15) is 5.76 Å². The van der Waals surface area contributed by atoms with E-state index >= 15 is 0 Å². The van der Waals surface area contributed by atoms with E-state index in [1.54, 1.807) is 6.20 Å². The Morgan fingerprint density at radius 3 is 2.65 bits per heavy atom. The minimum Gasteiger partial charge on any atom is -0.361 e. The Labute approximate surface area is 118 Å². The zero-order valence-corrected chi connectivity index (χ0v) is 11.9. The molecule has 2 aromatic heterocycles. The molecule has 1 atom stereocenters. The number of imidazole rings is 1. The van der Waals surface area contributed by atoms with Crippen molar-refractivity contribution in [2.45, 2.75) is 26.8 Å². The first-order valence-electron chi connectivity index (χ1n) is 6.68. The molecule has 4 nitrogen and oxygen atoms in total. The summed E-state index contributed by atoms with van der Waals surface area (Å²) in [5.74, 6) is 0.854. The van der Waals surface area contributed by atoms with E-state index in [-0.39, 0.29) is 6.04 Å². The van der Waals surface area contributed by atoms with Crippen LogP contribution in [0.2, 0.25) is 0 Å². The van der Waals surface area contributed by atoms with E-state index in [1.807, 2.05) is 32.4 Å². The van der Waals surface area contributed by atoms with Crippen LogP contribution in [0.1, 0.15) is 30.0 Å². The number of hydrogen-bond acceptors (Lipinski definition) is 3. The van der Waals surface area contributed by atoms with Crippen LogP contribution < -0.4 is 0 Å². The van der Waals surface area contributed by atoms with Gasteiger partial charge in [-0.3, -0.25) is 0 Å². The van der Waals surface area contributed by atoms with Gasteiger partial charge in [-0.05, 0) is 31.9 Å². The van der Waals surface area contributed by atoms with Crippen molar-refractivity contribution in [1.29, 1.82) is 0 Å². The third kappa shape index (κ3) is 2.03. The van der Waals surface area contributed by atoms with E-state index in [0.717, 1.165) is 17.0 Å².